The Bertz CT molecular complexity index is 1050. The molecule has 4 aromatic rings. The molecule has 0 N–H and O–H groups in total. The predicted molar refractivity (Wildman–Crippen MR) is 99.0 cm³/mol. The van der Waals surface area contributed by atoms with Gasteiger partial charge in [0.25, 0.3) is 0 Å². The van der Waals surface area contributed by atoms with Crippen molar-refractivity contribution in [2.45, 2.75) is 25.3 Å². The number of hydrogen-bond donors (Lipinski definition) is 0. The molecule has 0 amide bonds. The fourth-order valence-electron chi connectivity index (χ4n) is 3.20. The van der Waals surface area contributed by atoms with Gasteiger partial charge >= 0.3 is 6.01 Å². The van der Waals surface area contributed by atoms with Crippen LogP contribution in [0.5, 0.6) is 0 Å². The molecule has 0 bridgehead atoms. The molecule has 130 valence electrons. The fourth-order valence-corrected chi connectivity index (χ4v) is 3.20. The minimum Gasteiger partial charge on any atom is -0.403 e. The van der Waals surface area contributed by atoms with Gasteiger partial charge in [-0.25, -0.2) is 4.98 Å². The molecule has 5 rings (SSSR count). The van der Waals surface area contributed by atoms with Crippen LogP contribution in [0.3, 0.4) is 0 Å². The number of benzene rings is 1. The molecule has 0 radical (unpaired) electrons. The van der Waals surface area contributed by atoms with Crippen LogP contribution in [0.25, 0.3) is 17.1 Å². The highest BCUT2D eigenvalue weighted by Crippen LogP contribution is 2.40. The lowest BCUT2D eigenvalue weighted by atomic mass is 10.1. The van der Waals surface area contributed by atoms with Crippen LogP contribution in [0.15, 0.2) is 59.4 Å². The summed E-state index contributed by atoms with van der Waals surface area (Å²) in [5.41, 5.74) is 4.44. The van der Waals surface area contributed by atoms with Gasteiger partial charge in [0.2, 0.25) is 5.89 Å². The van der Waals surface area contributed by atoms with Gasteiger partial charge in [0.1, 0.15) is 5.65 Å². The molecule has 1 aliphatic carbocycles. The van der Waals surface area contributed by atoms with Gasteiger partial charge in [-0.15, -0.1) is 5.10 Å². The average Bonchev–Trinajstić information content (AvgIpc) is 3.20. The molecule has 3 aromatic heterocycles. The largest absolute Gasteiger partial charge is 0.403 e. The maximum atomic E-state index is 5.88. The summed E-state index contributed by atoms with van der Waals surface area (Å²) in [6.07, 6.45) is 8.41. The van der Waals surface area contributed by atoms with Crippen molar-refractivity contribution in [3.8, 4) is 11.5 Å². The Hall–Kier alpha value is -3.15. The van der Waals surface area contributed by atoms with Crippen molar-refractivity contribution < 1.29 is 4.42 Å². The summed E-state index contributed by atoms with van der Waals surface area (Å²) in [6, 6.07) is 13.0. The first-order valence-corrected chi connectivity index (χ1v) is 8.83. The fraction of sp³-hybridized carbons (Fsp3) is 0.250. The summed E-state index contributed by atoms with van der Waals surface area (Å²) in [6.45, 7) is 0.677. The summed E-state index contributed by atoms with van der Waals surface area (Å²) >= 11 is 0. The number of fused-ring (bicyclic) bond motifs is 1. The first kappa shape index (κ1) is 15.1. The Morgan fingerprint density at radius 2 is 1.96 bits per heavy atom. The number of nitrogens with zero attached hydrogens (tertiary/aromatic N) is 5. The Labute approximate surface area is 151 Å². The maximum absolute atomic E-state index is 5.88. The van der Waals surface area contributed by atoms with Gasteiger partial charge in [-0.1, -0.05) is 23.3 Å². The third-order valence-corrected chi connectivity index (χ3v) is 4.82. The van der Waals surface area contributed by atoms with Crippen LogP contribution in [0.2, 0.25) is 0 Å². The lowest BCUT2D eigenvalue weighted by molar-refractivity contribution is 0.554. The molecule has 6 nitrogen and oxygen atoms in total. The van der Waals surface area contributed by atoms with E-state index in [1.807, 2.05) is 28.6 Å². The molecule has 26 heavy (non-hydrogen) atoms. The second-order valence-corrected chi connectivity index (χ2v) is 6.87. The minimum atomic E-state index is 0.511. The van der Waals surface area contributed by atoms with Crippen molar-refractivity contribution >= 4 is 11.7 Å². The van der Waals surface area contributed by atoms with Crippen molar-refractivity contribution in [3.63, 3.8) is 0 Å². The highest BCUT2D eigenvalue weighted by molar-refractivity contribution is 5.54. The molecule has 0 spiro atoms. The van der Waals surface area contributed by atoms with Gasteiger partial charge < -0.3 is 13.7 Å². The molecule has 0 aliphatic heterocycles. The zero-order chi connectivity index (χ0) is 17.5. The van der Waals surface area contributed by atoms with Gasteiger partial charge in [0.05, 0.1) is 0 Å². The summed E-state index contributed by atoms with van der Waals surface area (Å²) in [7, 11) is 1.95. The number of hydrogen-bond acceptors (Lipinski definition) is 5. The molecular weight excluding hydrogens is 326 g/mol. The van der Waals surface area contributed by atoms with Crippen molar-refractivity contribution in [2.75, 3.05) is 11.9 Å². The normalized spacial score (nSPS) is 14.0. The Morgan fingerprint density at radius 3 is 2.77 bits per heavy atom. The van der Waals surface area contributed by atoms with Crippen LogP contribution in [-0.4, -0.2) is 26.6 Å². The summed E-state index contributed by atoms with van der Waals surface area (Å²) in [5.74, 6) is 1.31. The van der Waals surface area contributed by atoms with Crippen LogP contribution >= 0.6 is 0 Å². The van der Waals surface area contributed by atoms with E-state index >= 15 is 0 Å². The molecular formula is C20H19N5O. The van der Waals surface area contributed by atoms with Gasteiger partial charge in [-0.3, -0.25) is 0 Å². The van der Waals surface area contributed by atoms with E-state index in [0.29, 0.717) is 18.5 Å². The number of anilines is 1. The zero-order valence-electron chi connectivity index (χ0n) is 14.5. The molecule has 1 fully saturated rings. The number of aromatic nitrogens is 4. The Kier molecular flexibility index (Phi) is 3.48. The van der Waals surface area contributed by atoms with Crippen LogP contribution in [0.1, 0.15) is 29.9 Å². The second-order valence-electron chi connectivity index (χ2n) is 6.87. The van der Waals surface area contributed by atoms with Crippen molar-refractivity contribution in [2.24, 2.45) is 0 Å². The van der Waals surface area contributed by atoms with E-state index in [9.17, 15) is 0 Å². The predicted octanol–water partition coefficient (Wildman–Crippen LogP) is 3.90. The summed E-state index contributed by atoms with van der Waals surface area (Å²) in [4.78, 5) is 6.21. The molecule has 3 heterocycles. The number of pyridine rings is 1. The molecule has 1 saturated carbocycles. The van der Waals surface area contributed by atoms with E-state index < -0.39 is 0 Å². The van der Waals surface area contributed by atoms with E-state index in [1.165, 1.54) is 18.4 Å². The minimum absolute atomic E-state index is 0.511. The molecule has 0 unspecified atom stereocenters. The van der Waals surface area contributed by atoms with Crippen molar-refractivity contribution in [1.82, 2.24) is 19.6 Å². The van der Waals surface area contributed by atoms with E-state index in [4.69, 9.17) is 4.42 Å². The standard InChI is InChI=1S/C20H19N5O/c1-24(12-14-2-9-18-21-10-11-25(18)13-14)20-23-22-19(26-20)17-7-5-16(6-8-17)15-3-4-15/h2,5-11,13,15H,3-4,12H2,1H3. The van der Waals surface area contributed by atoms with Crippen molar-refractivity contribution in [3.05, 3.63) is 66.1 Å². The quantitative estimate of drug-likeness (QED) is 0.549. The first-order valence-electron chi connectivity index (χ1n) is 8.83. The Morgan fingerprint density at radius 1 is 1.12 bits per heavy atom. The number of rotatable bonds is 5. The SMILES string of the molecule is CN(Cc1ccc2nccn2c1)c1nnc(-c2ccc(C3CC3)cc2)o1. The zero-order valence-corrected chi connectivity index (χ0v) is 14.5. The van der Waals surface area contributed by atoms with Crippen LogP contribution in [0.4, 0.5) is 6.01 Å². The van der Waals surface area contributed by atoms with Gasteiger partial charge in [-0.2, -0.15) is 0 Å². The van der Waals surface area contributed by atoms with Gasteiger partial charge in [-0.05, 0) is 48.1 Å². The van der Waals surface area contributed by atoms with E-state index in [1.54, 1.807) is 6.20 Å². The Balaban J connectivity index is 1.33. The average molecular weight is 345 g/mol. The van der Waals surface area contributed by atoms with Crippen molar-refractivity contribution in [1.29, 1.82) is 0 Å². The molecule has 1 aliphatic rings. The lowest BCUT2D eigenvalue weighted by Gasteiger charge is -2.13. The smallest absolute Gasteiger partial charge is 0.318 e. The highest BCUT2D eigenvalue weighted by atomic mass is 16.4. The van der Waals surface area contributed by atoms with E-state index in [-0.39, 0.29) is 0 Å². The van der Waals surface area contributed by atoms with Crippen LogP contribution in [0, 0.1) is 0 Å². The molecule has 1 aromatic carbocycles. The first-order chi connectivity index (χ1) is 12.8. The molecule has 0 saturated heterocycles. The van der Waals surface area contributed by atoms with Crippen LogP contribution in [-0.2, 0) is 6.54 Å². The lowest BCUT2D eigenvalue weighted by Crippen LogP contribution is -2.17. The third-order valence-electron chi connectivity index (χ3n) is 4.82. The topological polar surface area (TPSA) is 59.5 Å². The summed E-state index contributed by atoms with van der Waals surface area (Å²) in [5, 5.41) is 8.41. The van der Waals surface area contributed by atoms with Gasteiger partial charge in [0, 0.05) is 37.7 Å². The van der Waals surface area contributed by atoms with E-state index in [2.05, 4.69) is 51.7 Å². The van der Waals surface area contributed by atoms with Gasteiger partial charge in [0.15, 0.2) is 0 Å². The highest BCUT2D eigenvalue weighted by Gasteiger charge is 2.23. The molecule has 0 atom stereocenters. The number of imidazole rings is 1. The molecule has 6 heteroatoms. The van der Waals surface area contributed by atoms with Crippen LogP contribution < -0.4 is 4.90 Å². The third kappa shape index (κ3) is 2.83. The summed E-state index contributed by atoms with van der Waals surface area (Å²) < 4.78 is 7.88. The maximum Gasteiger partial charge on any atom is 0.318 e. The van der Waals surface area contributed by atoms with E-state index in [0.717, 1.165) is 22.7 Å². The second kappa shape index (κ2) is 5.98. The monoisotopic (exact) mass is 345 g/mol.